The van der Waals surface area contributed by atoms with Crippen molar-refractivity contribution in [1.29, 1.82) is 0 Å². The van der Waals surface area contributed by atoms with Crippen LogP contribution in [0.25, 0.3) is 11.1 Å². The molecule has 7 heteroatoms. The van der Waals surface area contributed by atoms with Gasteiger partial charge in [-0.15, -0.1) is 0 Å². The van der Waals surface area contributed by atoms with E-state index in [1.807, 2.05) is 23.1 Å². The summed E-state index contributed by atoms with van der Waals surface area (Å²) in [6, 6.07) is 5.95. The smallest absolute Gasteiger partial charge is 0.271 e. The van der Waals surface area contributed by atoms with Crippen molar-refractivity contribution in [3.8, 4) is 11.1 Å². The van der Waals surface area contributed by atoms with Crippen LogP contribution >= 0.6 is 0 Å². The van der Waals surface area contributed by atoms with Crippen LogP contribution in [0, 0.1) is 11.8 Å². The Labute approximate surface area is 170 Å². The van der Waals surface area contributed by atoms with E-state index in [1.54, 1.807) is 30.7 Å². The highest BCUT2D eigenvalue weighted by Crippen LogP contribution is 2.40. The molecular formula is C22H27N5O2. The second kappa shape index (κ2) is 8.61. The molecule has 0 aromatic carbocycles. The van der Waals surface area contributed by atoms with Gasteiger partial charge in [-0.1, -0.05) is 6.08 Å². The molecule has 1 amide bonds. The molecule has 0 spiro atoms. The molecule has 1 saturated heterocycles. The molecular weight excluding hydrogens is 366 g/mol. The van der Waals surface area contributed by atoms with Crippen molar-refractivity contribution in [2.24, 2.45) is 17.6 Å². The van der Waals surface area contributed by atoms with Gasteiger partial charge in [-0.3, -0.25) is 14.6 Å². The van der Waals surface area contributed by atoms with E-state index < -0.39 is 0 Å². The summed E-state index contributed by atoms with van der Waals surface area (Å²) in [5, 5.41) is 3.53. The van der Waals surface area contributed by atoms with Gasteiger partial charge in [-0.2, -0.15) is 0 Å². The van der Waals surface area contributed by atoms with Gasteiger partial charge in [0.05, 0.1) is 0 Å². The Morgan fingerprint density at radius 2 is 2.07 bits per heavy atom. The summed E-state index contributed by atoms with van der Waals surface area (Å²) in [5.41, 5.74) is 7.87. The maximum atomic E-state index is 12.5. The number of carbonyl (C=O) groups excluding carboxylic acids is 1. The number of hydrogen-bond donors (Lipinski definition) is 3. The fourth-order valence-electron chi connectivity index (χ4n) is 4.11. The predicted molar refractivity (Wildman–Crippen MR) is 113 cm³/mol. The number of H-pyrrole nitrogens is 1. The van der Waals surface area contributed by atoms with Gasteiger partial charge in [0.1, 0.15) is 5.69 Å². The second-order valence-corrected chi connectivity index (χ2v) is 7.85. The summed E-state index contributed by atoms with van der Waals surface area (Å²) in [5.74, 6) is 0.908. The molecule has 0 radical (unpaired) electrons. The molecule has 4 N–H and O–H groups in total. The molecule has 29 heavy (non-hydrogen) atoms. The number of nitrogens with two attached hydrogens (primary N) is 1. The molecule has 2 aromatic heterocycles. The van der Waals surface area contributed by atoms with Gasteiger partial charge in [0.2, 0.25) is 5.91 Å². The summed E-state index contributed by atoms with van der Waals surface area (Å²) in [7, 11) is 0. The number of aromatic nitrogens is 2. The second-order valence-electron chi connectivity index (χ2n) is 7.85. The van der Waals surface area contributed by atoms with E-state index in [1.165, 1.54) is 0 Å². The first-order valence-corrected chi connectivity index (χ1v) is 10.2. The molecule has 2 fully saturated rings. The van der Waals surface area contributed by atoms with Crippen LogP contribution in [0.5, 0.6) is 0 Å². The maximum absolute atomic E-state index is 12.5. The SMILES string of the molecule is NC/C=C/C(=O)N1CCC([C@H](Nc2cc(-c3ccncc3)c[nH]c2=O)C2CC2)C1. The lowest BCUT2D eigenvalue weighted by Crippen LogP contribution is -2.36. The summed E-state index contributed by atoms with van der Waals surface area (Å²) >= 11 is 0. The average Bonchev–Trinajstić information content (AvgIpc) is 3.47. The topological polar surface area (TPSA) is 104 Å². The van der Waals surface area contributed by atoms with Gasteiger partial charge in [-0.25, -0.2) is 0 Å². The van der Waals surface area contributed by atoms with Crippen LogP contribution in [0.4, 0.5) is 5.69 Å². The molecule has 4 rings (SSSR count). The third kappa shape index (κ3) is 4.56. The number of nitrogens with one attached hydrogen (secondary N) is 2. The molecule has 1 aliphatic carbocycles. The molecule has 3 heterocycles. The molecule has 7 nitrogen and oxygen atoms in total. The zero-order valence-corrected chi connectivity index (χ0v) is 16.4. The molecule has 1 aliphatic heterocycles. The quantitative estimate of drug-likeness (QED) is 0.624. The largest absolute Gasteiger partial charge is 0.377 e. The van der Waals surface area contributed by atoms with Crippen molar-refractivity contribution in [3.63, 3.8) is 0 Å². The van der Waals surface area contributed by atoms with Crippen molar-refractivity contribution in [2.45, 2.75) is 25.3 Å². The zero-order chi connectivity index (χ0) is 20.2. The number of hydrogen-bond acceptors (Lipinski definition) is 5. The lowest BCUT2D eigenvalue weighted by atomic mass is 9.94. The first kappa shape index (κ1) is 19.4. The molecule has 2 aliphatic rings. The van der Waals surface area contributed by atoms with Crippen molar-refractivity contribution in [3.05, 3.63) is 59.3 Å². The highest BCUT2D eigenvalue weighted by Gasteiger charge is 2.40. The Balaban J connectivity index is 1.50. The van der Waals surface area contributed by atoms with Crippen molar-refractivity contribution >= 4 is 11.6 Å². The predicted octanol–water partition coefficient (Wildman–Crippen LogP) is 1.99. The number of anilines is 1. The number of rotatable bonds is 7. The zero-order valence-electron chi connectivity index (χ0n) is 16.4. The van der Waals surface area contributed by atoms with Gasteiger partial charge < -0.3 is 20.9 Å². The minimum Gasteiger partial charge on any atom is -0.377 e. The maximum Gasteiger partial charge on any atom is 0.271 e. The van der Waals surface area contributed by atoms with Crippen molar-refractivity contribution in [1.82, 2.24) is 14.9 Å². The van der Waals surface area contributed by atoms with E-state index in [9.17, 15) is 9.59 Å². The first-order chi connectivity index (χ1) is 14.2. The first-order valence-electron chi connectivity index (χ1n) is 10.2. The summed E-state index contributed by atoms with van der Waals surface area (Å²) < 4.78 is 0. The molecule has 2 aromatic rings. The van der Waals surface area contributed by atoms with E-state index in [4.69, 9.17) is 5.73 Å². The Morgan fingerprint density at radius 3 is 2.79 bits per heavy atom. The average molecular weight is 393 g/mol. The number of amides is 1. The van der Waals surface area contributed by atoms with Crippen LogP contribution in [0.3, 0.4) is 0 Å². The van der Waals surface area contributed by atoms with Gasteiger partial charge in [-0.05, 0) is 54.9 Å². The molecule has 0 bridgehead atoms. The lowest BCUT2D eigenvalue weighted by molar-refractivity contribution is -0.125. The summed E-state index contributed by atoms with van der Waals surface area (Å²) in [6.45, 7) is 1.83. The van der Waals surface area contributed by atoms with Crippen molar-refractivity contribution < 1.29 is 4.79 Å². The third-order valence-corrected chi connectivity index (χ3v) is 5.81. The number of aromatic amines is 1. The molecule has 1 saturated carbocycles. The fourth-order valence-corrected chi connectivity index (χ4v) is 4.11. The van der Waals surface area contributed by atoms with E-state index in [0.717, 1.165) is 36.9 Å². The third-order valence-electron chi connectivity index (χ3n) is 5.81. The van der Waals surface area contributed by atoms with E-state index in [2.05, 4.69) is 15.3 Å². The highest BCUT2D eigenvalue weighted by molar-refractivity contribution is 5.87. The molecule has 152 valence electrons. The van der Waals surface area contributed by atoms with Crippen LogP contribution in [0.2, 0.25) is 0 Å². The van der Waals surface area contributed by atoms with Gasteiger partial charge in [0.15, 0.2) is 0 Å². The highest BCUT2D eigenvalue weighted by atomic mass is 16.2. The van der Waals surface area contributed by atoms with Gasteiger partial charge in [0.25, 0.3) is 5.56 Å². The van der Waals surface area contributed by atoms with E-state index >= 15 is 0 Å². The Bertz CT molecular complexity index is 936. The van der Waals surface area contributed by atoms with Crippen LogP contribution in [-0.4, -0.2) is 46.5 Å². The Kier molecular flexibility index (Phi) is 5.76. The van der Waals surface area contributed by atoms with Crippen LogP contribution in [-0.2, 0) is 4.79 Å². The van der Waals surface area contributed by atoms with Crippen LogP contribution in [0.15, 0.2) is 53.7 Å². The lowest BCUT2D eigenvalue weighted by Gasteiger charge is -2.26. The summed E-state index contributed by atoms with van der Waals surface area (Å²) in [6.07, 6.45) is 11.7. The Hall–Kier alpha value is -2.93. The van der Waals surface area contributed by atoms with Crippen LogP contribution < -0.4 is 16.6 Å². The number of likely N-dealkylation sites (tertiary alicyclic amines) is 1. The minimum absolute atomic E-state index is 0.0185. The molecule has 2 atom stereocenters. The molecule has 1 unspecified atom stereocenters. The minimum atomic E-state index is -0.120. The number of pyridine rings is 2. The van der Waals surface area contributed by atoms with Crippen molar-refractivity contribution in [2.75, 3.05) is 25.0 Å². The summed E-state index contributed by atoms with van der Waals surface area (Å²) in [4.78, 5) is 33.5. The number of nitrogens with zero attached hydrogens (tertiary/aromatic N) is 2. The van der Waals surface area contributed by atoms with Crippen LogP contribution in [0.1, 0.15) is 19.3 Å². The fraction of sp³-hybridized carbons (Fsp3) is 0.409. The normalized spacial score (nSPS) is 20.2. The van der Waals surface area contributed by atoms with Gasteiger partial charge >= 0.3 is 0 Å². The van der Waals surface area contributed by atoms with E-state index in [0.29, 0.717) is 30.6 Å². The van der Waals surface area contributed by atoms with Gasteiger partial charge in [0, 0.05) is 55.9 Å². The monoisotopic (exact) mass is 393 g/mol. The van der Waals surface area contributed by atoms with E-state index in [-0.39, 0.29) is 17.5 Å². The standard InChI is InChI=1S/C22H27N5O2/c23-8-1-2-20(28)27-11-7-17(14-27)21(16-3-4-16)26-19-12-18(13-25-22(19)29)15-5-9-24-10-6-15/h1-2,5-6,9-10,12-13,16-17,21,26H,3-4,7-8,11,14,23H2,(H,25,29)/b2-1+/t17?,21-/m1/s1. The number of carbonyl (C=O) groups is 1. The Morgan fingerprint density at radius 1 is 1.28 bits per heavy atom.